The van der Waals surface area contributed by atoms with Crippen LogP contribution in [0.25, 0.3) is 6.08 Å². The molecule has 0 saturated heterocycles. The third-order valence-corrected chi connectivity index (χ3v) is 2.74. The van der Waals surface area contributed by atoms with E-state index in [9.17, 15) is 10.1 Å². The fourth-order valence-corrected chi connectivity index (χ4v) is 1.75. The van der Waals surface area contributed by atoms with Crippen LogP contribution in [0.15, 0.2) is 11.2 Å². The van der Waals surface area contributed by atoms with Crippen molar-refractivity contribution in [1.29, 1.82) is 0 Å². The molecule has 0 bridgehead atoms. The van der Waals surface area contributed by atoms with E-state index < -0.39 is 0 Å². The smallest absolute Gasteiger partial charge is 0.250 e. The fraction of sp³-hybridized carbons (Fsp3) is 0.444. The molecule has 14 heavy (non-hydrogen) atoms. The largest absolute Gasteiger partial charge is 0.259 e. The van der Waals surface area contributed by atoms with Gasteiger partial charge in [0.15, 0.2) is 0 Å². The van der Waals surface area contributed by atoms with Crippen LogP contribution >= 0.6 is 11.3 Å². The van der Waals surface area contributed by atoms with Crippen LogP contribution in [0.1, 0.15) is 24.4 Å². The summed E-state index contributed by atoms with van der Waals surface area (Å²) >= 11 is 1.42. The summed E-state index contributed by atoms with van der Waals surface area (Å²) in [5, 5.41) is 10.7. The molecule has 1 aromatic rings. The van der Waals surface area contributed by atoms with E-state index >= 15 is 0 Å². The van der Waals surface area contributed by atoms with E-state index in [0.717, 1.165) is 10.6 Å². The van der Waals surface area contributed by atoms with Gasteiger partial charge in [-0.2, -0.15) is 0 Å². The molecule has 1 heterocycles. The molecule has 0 aliphatic heterocycles. The van der Waals surface area contributed by atoms with E-state index in [1.54, 1.807) is 11.6 Å². The average Bonchev–Trinajstić information content (AvgIpc) is 2.46. The zero-order valence-electron chi connectivity index (χ0n) is 8.35. The summed E-state index contributed by atoms with van der Waals surface area (Å²) in [5.41, 5.74) is 2.77. The molecule has 1 rings (SSSR count). The minimum absolute atomic E-state index is 0.0773. The summed E-state index contributed by atoms with van der Waals surface area (Å²) < 4.78 is 0. The van der Waals surface area contributed by atoms with Gasteiger partial charge in [-0.15, -0.1) is 11.3 Å². The molecule has 5 heteroatoms. The van der Waals surface area contributed by atoms with Gasteiger partial charge in [0, 0.05) is 12.0 Å². The van der Waals surface area contributed by atoms with Gasteiger partial charge in [-0.25, -0.2) is 4.98 Å². The molecule has 0 amide bonds. The average molecular weight is 212 g/mol. The first-order valence-electron chi connectivity index (χ1n) is 4.28. The number of aryl methyl sites for hydroxylation is 1. The van der Waals surface area contributed by atoms with Gasteiger partial charge >= 0.3 is 0 Å². The van der Waals surface area contributed by atoms with Crippen molar-refractivity contribution in [2.24, 2.45) is 5.92 Å². The Hall–Kier alpha value is -1.23. The standard InChI is InChI=1S/C9H12N2O2S/c1-6(2)8(11(12)13)4-9-7(3)10-5-14-9/h4-6H,1-3H3. The monoisotopic (exact) mass is 212 g/mol. The molecular weight excluding hydrogens is 200 g/mol. The van der Waals surface area contributed by atoms with Crippen molar-refractivity contribution < 1.29 is 4.92 Å². The number of nitrogens with zero attached hydrogens (tertiary/aromatic N) is 2. The Bertz CT molecular complexity index is 369. The van der Waals surface area contributed by atoms with Crippen LogP contribution in [0.2, 0.25) is 0 Å². The van der Waals surface area contributed by atoms with Crippen LogP contribution in [0.3, 0.4) is 0 Å². The van der Waals surface area contributed by atoms with E-state index in [1.165, 1.54) is 11.3 Å². The minimum atomic E-state index is -0.330. The molecule has 0 radical (unpaired) electrons. The van der Waals surface area contributed by atoms with Gasteiger partial charge in [-0.1, -0.05) is 13.8 Å². The predicted octanol–water partition coefficient (Wildman–Crippen LogP) is 2.73. The Morgan fingerprint density at radius 1 is 1.71 bits per heavy atom. The van der Waals surface area contributed by atoms with Crippen molar-refractivity contribution >= 4 is 17.4 Å². The zero-order chi connectivity index (χ0) is 10.7. The van der Waals surface area contributed by atoms with E-state index in [1.807, 2.05) is 20.8 Å². The van der Waals surface area contributed by atoms with Crippen molar-refractivity contribution in [2.75, 3.05) is 0 Å². The van der Waals surface area contributed by atoms with Gasteiger partial charge < -0.3 is 0 Å². The van der Waals surface area contributed by atoms with Crippen molar-refractivity contribution in [3.05, 3.63) is 31.9 Å². The Kier molecular flexibility index (Phi) is 3.35. The lowest BCUT2D eigenvalue weighted by Gasteiger charge is -2.00. The van der Waals surface area contributed by atoms with Gasteiger partial charge in [-0.3, -0.25) is 10.1 Å². The molecule has 0 unspecified atom stereocenters. The van der Waals surface area contributed by atoms with Crippen molar-refractivity contribution in [3.63, 3.8) is 0 Å². The summed E-state index contributed by atoms with van der Waals surface area (Å²) in [6.45, 7) is 5.47. The topological polar surface area (TPSA) is 56.0 Å². The first kappa shape index (κ1) is 10.8. The van der Waals surface area contributed by atoms with Gasteiger partial charge in [0.2, 0.25) is 5.70 Å². The predicted molar refractivity (Wildman–Crippen MR) is 56.7 cm³/mol. The zero-order valence-corrected chi connectivity index (χ0v) is 9.17. The number of thiazole rings is 1. The minimum Gasteiger partial charge on any atom is -0.259 e. The second kappa shape index (κ2) is 4.32. The van der Waals surface area contributed by atoms with E-state index in [4.69, 9.17) is 0 Å². The molecule has 76 valence electrons. The molecule has 0 N–H and O–H groups in total. The highest BCUT2D eigenvalue weighted by atomic mass is 32.1. The van der Waals surface area contributed by atoms with E-state index in [-0.39, 0.29) is 16.5 Å². The molecule has 0 aliphatic carbocycles. The van der Waals surface area contributed by atoms with Crippen LogP contribution in [-0.4, -0.2) is 9.91 Å². The Morgan fingerprint density at radius 3 is 2.71 bits per heavy atom. The fourth-order valence-electron chi connectivity index (χ4n) is 1.01. The number of hydrogen-bond acceptors (Lipinski definition) is 4. The molecule has 0 aliphatic rings. The maximum Gasteiger partial charge on any atom is 0.250 e. The molecule has 0 fully saturated rings. The van der Waals surface area contributed by atoms with Gasteiger partial charge in [0.1, 0.15) is 0 Å². The highest BCUT2D eigenvalue weighted by molar-refractivity contribution is 7.10. The Morgan fingerprint density at radius 2 is 2.36 bits per heavy atom. The Balaban J connectivity index is 3.06. The van der Waals surface area contributed by atoms with E-state index in [0.29, 0.717) is 0 Å². The summed E-state index contributed by atoms with van der Waals surface area (Å²) in [4.78, 5) is 15.3. The summed E-state index contributed by atoms with van der Waals surface area (Å²) in [7, 11) is 0. The summed E-state index contributed by atoms with van der Waals surface area (Å²) in [5.74, 6) is -0.0773. The van der Waals surface area contributed by atoms with Crippen molar-refractivity contribution in [3.8, 4) is 0 Å². The van der Waals surface area contributed by atoms with Crippen LogP contribution in [0.5, 0.6) is 0 Å². The van der Waals surface area contributed by atoms with Gasteiger partial charge in [-0.05, 0) is 6.92 Å². The maximum atomic E-state index is 10.7. The Labute approximate surface area is 86.4 Å². The number of rotatable bonds is 3. The maximum absolute atomic E-state index is 10.7. The van der Waals surface area contributed by atoms with Crippen molar-refractivity contribution in [1.82, 2.24) is 4.98 Å². The molecule has 1 aromatic heterocycles. The summed E-state index contributed by atoms with van der Waals surface area (Å²) in [6.07, 6.45) is 1.61. The third-order valence-electron chi connectivity index (χ3n) is 1.86. The first-order chi connectivity index (χ1) is 6.52. The SMILES string of the molecule is Cc1ncsc1C=C(C(C)C)[N+](=O)[O-]. The highest BCUT2D eigenvalue weighted by Crippen LogP contribution is 2.20. The number of allylic oxidation sites excluding steroid dienone is 1. The second-order valence-electron chi connectivity index (χ2n) is 3.28. The lowest BCUT2D eigenvalue weighted by Crippen LogP contribution is -2.05. The number of hydrogen-bond donors (Lipinski definition) is 0. The van der Waals surface area contributed by atoms with E-state index in [2.05, 4.69) is 4.98 Å². The second-order valence-corrected chi connectivity index (χ2v) is 4.17. The molecule has 0 spiro atoms. The van der Waals surface area contributed by atoms with Gasteiger partial charge in [0.25, 0.3) is 0 Å². The van der Waals surface area contributed by atoms with Crippen molar-refractivity contribution in [2.45, 2.75) is 20.8 Å². The molecule has 0 aromatic carbocycles. The normalized spacial score (nSPS) is 12.1. The quantitative estimate of drug-likeness (QED) is 0.571. The van der Waals surface area contributed by atoms with Crippen LogP contribution in [0, 0.1) is 23.0 Å². The van der Waals surface area contributed by atoms with Crippen LogP contribution < -0.4 is 0 Å². The molecule has 0 atom stereocenters. The highest BCUT2D eigenvalue weighted by Gasteiger charge is 2.16. The number of aromatic nitrogens is 1. The van der Waals surface area contributed by atoms with Crippen LogP contribution in [-0.2, 0) is 0 Å². The lowest BCUT2D eigenvalue weighted by molar-refractivity contribution is -0.431. The lowest BCUT2D eigenvalue weighted by atomic mass is 10.1. The molecular formula is C9H12N2O2S. The number of nitro groups is 1. The third kappa shape index (κ3) is 2.38. The van der Waals surface area contributed by atoms with Crippen LogP contribution in [0.4, 0.5) is 0 Å². The first-order valence-corrected chi connectivity index (χ1v) is 5.16. The molecule has 4 nitrogen and oxygen atoms in total. The summed E-state index contributed by atoms with van der Waals surface area (Å²) in [6, 6.07) is 0. The molecule has 0 saturated carbocycles. The van der Waals surface area contributed by atoms with Gasteiger partial charge in [0.05, 0.1) is 21.0 Å².